The van der Waals surface area contributed by atoms with Crippen molar-refractivity contribution in [2.45, 2.75) is 10.9 Å². The Balaban J connectivity index is 2.17. The predicted octanol–water partition coefficient (Wildman–Crippen LogP) is 3.37. The number of ketones is 1. The number of rotatable bonds is 4. The van der Waals surface area contributed by atoms with Crippen LogP contribution in [0, 0.1) is 0 Å². The number of hydrogen-bond donors (Lipinski definition) is 1. The zero-order chi connectivity index (χ0) is 13.0. The number of hydrogen-bond acceptors (Lipinski definition) is 2. The first-order chi connectivity index (χ1) is 8.70. The van der Waals surface area contributed by atoms with Gasteiger partial charge in [-0.05, 0) is 5.56 Å². The molecule has 0 unspecified atom stereocenters. The second-order valence-corrected chi connectivity index (χ2v) is 4.97. The van der Waals surface area contributed by atoms with E-state index in [2.05, 4.69) is 15.9 Å². The number of benzene rings is 2. The molecule has 0 heterocycles. The standard InChI is InChI=1S/C15H13BrO2/c16-13(14(17)11-7-3-1-4-8-11)15(18)12-9-5-2-6-10-12/h1-10,13-14,17H/t13-,14+/m1/s1. The molecule has 0 aromatic heterocycles. The van der Waals surface area contributed by atoms with Crippen molar-refractivity contribution in [2.75, 3.05) is 0 Å². The first-order valence-electron chi connectivity index (χ1n) is 5.66. The summed E-state index contributed by atoms with van der Waals surface area (Å²) in [6.07, 6.45) is -0.848. The molecule has 0 saturated carbocycles. The number of halogens is 1. The van der Waals surface area contributed by atoms with E-state index in [1.54, 1.807) is 24.3 Å². The molecule has 3 heteroatoms. The number of aliphatic hydroxyl groups is 1. The lowest BCUT2D eigenvalue weighted by Crippen LogP contribution is -2.22. The normalized spacial score (nSPS) is 13.9. The van der Waals surface area contributed by atoms with Gasteiger partial charge >= 0.3 is 0 Å². The third kappa shape index (κ3) is 2.86. The maximum atomic E-state index is 12.2. The number of alkyl halides is 1. The zero-order valence-electron chi connectivity index (χ0n) is 9.66. The van der Waals surface area contributed by atoms with Crippen molar-refractivity contribution in [2.24, 2.45) is 0 Å². The first-order valence-corrected chi connectivity index (χ1v) is 6.58. The van der Waals surface area contributed by atoms with Gasteiger partial charge < -0.3 is 5.11 Å². The fourth-order valence-electron chi connectivity index (χ4n) is 1.72. The van der Waals surface area contributed by atoms with Crippen molar-refractivity contribution in [1.29, 1.82) is 0 Å². The predicted molar refractivity (Wildman–Crippen MR) is 74.9 cm³/mol. The van der Waals surface area contributed by atoms with E-state index in [1.807, 2.05) is 36.4 Å². The summed E-state index contributed by atoms with van der Waals surface area (Å²) in [6.45, 7) is 0. The van der Waals surface area contributed by atoms with Gasteiger partial charge in [-0.3, -0.25) is 4.79 Å². The minimum Gasteiger partial charge on any atom is -0.387 e. The van der Waals surface area contributed by atoms with E-state index in [9.17, 15) is 9.90 Å². The third-order valence-corrected chi connectivity index (χ3v) is 3.64. The fraction of sp³-hybridized carbons (Fsp3) is 0.133. The topological polar surface area (TPSA) is 37.3 Å². The van der Waals surface area contributed by atoms with Gasteiger partial charge in [0.05, 0.1) is 6.10 Å². The van der Waals surface area contributed by atoms with Crippen LogP contribution < -0.4 is 0 Å². The zero-order valence-corrected chi connectivity index (χ0v) is 11.2. The second-order valence-electron chi connectivity index (χ2n) is 3.99. The number of aliphatic hydroxyl groups excluding tert-OH is 1. The molecule has 0 bridgehead atoms. The van der Waals surface area contributed by atoms with Crippen LogP contribution in [0.2, 0.25) is 0 Å². The highest BCUT2D eigenvalue weighted by atomic mass is 79.9. The molecular formula is C15H13BrO2. The summed E-state index contributed by atoms with van der Waals surface area (Å²) < 4.78 is 0. The highest BCUT2D eigenvalue weighted by Crippen LogP contribution is 2.25. The molecule has 0 saturated heterocycles. The summed E-state index contributed by atoms with van der Waals surface area (Å²) >= 11 is 3.28. The molecule has 0 fully saturated rings. The molecule has 0 spiro atoms. The fourth-order valence-corrected chi connectivity index (χ4v) is 2.29. The molecule has 0 aliphatic heterocycles. The Bertz CT molecular complexity index is 511. The number of carbonyl (C=O) groups excluding carboxylic acids is 1. The third-order valence-electron chi connectivity index (χ3n) is 2.73. The lowest BCUT2D eigenvalue weighted by Gasteiger charge is -2.16. The Labute approximate surface area is 114 Å². The van der Waals surface area contributed by atoms with Crippen molar-refractivity contribution in [3.63, 3.8) is 0 Å². The average Bonchev–Trinajstić information content (AvgIpc) is 2.47. The molecule has 0 radical (unpaired) electrons. The minimum absolute atomic E-state index is 0.119. The second kappa shape index (κ2) is 5.94. The molecule has 2 rings (SSSR count). The summed E-state index contributed by atoms with van der Waals surface area (Å²) in [7, 11) is 0. The van der Waals surface area contributed by atoms with Gasteiger partial charge in [-0.2, -0.15) is 0 Å². The van der Waals surface area contributed by atoms with Crippen molar-refractivity contribution in [3.8, 4) is 0 Å². The Morgan fingerprint density at radius 1 is 0.944 bits per heavy atom. The Kier molecular flexibility index (Phi) is 4.28. The molecule has 1 N–H and O–H groups in total. The SMILES string of the molecule is O=C(c1ccccc1)[C@H](Br)[C@@H](O)c1ccccc1. The van der Waals surface area contributed by atoms with E-state index >= 15 is 0 Å². The van der Waals surface area contributed by atoms with Crippen molar-refractivity contribution < 1.29 is 9.90 Å². The van der Waals surface area contributed by atoms with Gasteiger partial charge in [0.15, 0.2) is 5.78 Å². The summed E-state index contributed by atoms with van der Waals surface area (Å²) in [5, 5.41) is 10.2. The molecule has 18 heavy (non-hydrogen) atoms. The Morgan fingerprint density at radius 2 is 1.44 bits per heavy atom. The highest BCUT2D eigenvalue weighted by molar-refractivity contribution is 9.10. The lowest BCUT2D eigenvalue weighted by atomic mass is 10.0. The first kappa shape index (κ1) is 13.0. The van der Waals surface area contributed by atoms with Crippen molar-refractivity contribution in [1.82, 2.24) is 0 Å². The molecule has 2 atom stereocenters. The van der Waals surface area contributed by atoms with Gasteiger partial charge in [0, 0.05) is 5.56 Å². The molecule has 92 valence electrons. The van der Waals surface area contributed by atoms with Crippen LogP contribution in [0.3, 0.4) is 0 Å². The monoisotopic (exact) mass is 304 g/mol. The van der Waals surface area contributed by atoms with Crippen LogP contribution in [0.1, 0.15) is 22.0 Å². The van der Waals surface area contributed by atoms with Crippen LogP contribution in [0.5, 0.6) is 0 Å². The minimum atomic E-state index is -0.848. The number of carbonyl (C=O) groups is 1. The van der Waals surface area contributed by atoms with Gasteiger partial charge in [-0.25, -0.2) is 0 Å². The van der Waals surface area contributed by atoms with Crippen LogP contribution in [-0.2, 0) is 0 Å². The summed E-state index contributed by atoms with van der Waals surface area (Å²) in [6, 6.07) is 18.1. The van der Waals surface area contributed by atoms with Crippen LogP contribution in [0.25, 0.3) is 0 Å². The Morgan fingerprint density at radius 3 is 2.00 bits per heavy atom. The maximum absolute atomic E-state index is 12.2. The van der Waals surface area contributed by atoms with E-state index in [0.29, 0.717) is 5.56 Å². The van der Waals surface area contributed by atoms with Gasteiger partial charge in [0.2, 0.25) is 0 Å². The number of Topliss-reactive ketones (excluding diaryl/α,β-unsaturated/α-hetero) is 1. The van der Waals surface area contributed by atoms with E-state index in [1.165, 1.54) is 0 Å². The maximum Gasteiger partial charge on any atom is 0.179 e. The van der Waals surface area contributed by atoms with Crippen molar-refractivity contribution in [3.05, 3.63) is 71.8 Å². The molecule has 0 amide bonds. The van der Waals surface area contributed by atoms with Gasteiger partial charge in [-0.15, -0.1) is 0 Å². The average molecular weight is 305 g/mol. The molecule has 2 aromatic carbocycles. The lowest BCUT2D eigenvalue weighted by molar-refractivity contribution is 0.0903. The van der Waals surface area contributed by atoms with Crippen LogP contribution in [-0.4, -0.2) is 15.7 Å². The van der Waals surface area contributed by atoms with Crippen LogP contribution in [0.4, 0.5) is 0 Å². The van der Waals surface area contributed by atoms with E-state index < -0.39 is 10.9 Å². The summed E-state index contributed by atoms with van der Waals surface area (Å²) in [5.41, 5.74) is 1.32. The molecule has 2 nitrogen and oxygen atoms in total. The molecular weight excluding hydrogens is 292 g/mol. The van der Waals surface area contributed by atoms with E-state index in [4.69, 9.17) is 0 Å². The van der Waals surface area contributed by atoms with Crippen LogP contribution in [0.15, 0.2) is 60.7 Å². The quantitative estimate of drug-likeness (QED) is 0.694. The van der Waals surface area contributed by atoms with Gasteiger partial charge in [-0.1, -0.05) is 76.6 Å². The van der Waals surface area contributed by atoms with Gasteiger partial charge in [0.25, 0.3) is 0 Å². The van der Waals surface area contributed by atoms with E-state index in [0.717, 1.165) is 5.56 Å². The Hall–Kier alpha value is -1.45. The van der Waals surface area contributed by atoms with E-state index in [-0.39, 0.29) is 5.78 Å². The highest BCUT2D eigenvalue weighted by Gasteiger charge is 2.25. The van der Waals surface area contributed by atoms with Crippen molar-refractivity contribution >= 4 is 21.7 Å². The summed E-state index contributed by atoms with van der Waals surface area (Å²) in [5.74, 6) is -0.119. The van der Waals surface area contributed by atoms with Crippen LogP contribution >= 0.6 is 15.9 Å². The molecule has 0 aliphatic carbocycles. The van der Waals surface area contributed by atoms with Gasteiger partial charge in [0.1, 0.15) is 4.83 Å². The largest absolute Gasteiger partial charge is 0.387 e. The molecule has 2 aromatic rings. The summed E-state index contributed by atoms with van der Waals surface area (Å²) in [4.78, 5) is 11.5. The smallest absolute Gasteiger partial charge is 0.179 e. The molecule has 0 aliphatic rings.